The summed E-state index contributed by atoms with van der Waals surface area (Å²) < 4.78 is 19.5. The number of carbonyl (C=O) groups is 1. The molecule has 0 aliphatic heterocycles. The quantitative estimate of drug-likeness (QED) is 0.795. The van der Waals surface area contributed by atoms with Gasteiger partial charge in [-0.1, -0.05) is 26.0 Å². The Bertz CT molecular complexity index is 751. The standard InChI is InChI=1S/C17H19FN2O3/c1-4-23-17(22)15-16(21)14(10-20(19-15)9-11(2)3)12-5-7-13(18)8-6-12/h5-8,10-11H,4,9H2,1-3H3. The molecule has 0 fully saturated rings. The number of aromatic nitrogens is 2. The summed E-state index contributed by atoms with van der Waals surface area (Å²) in [5, 5.41) is 4.09. The van der Waals surface area contributed by atoms with Crippen molar-refractivity contribution in [2.24, 2.45) is 5.92 Å². The molecule has 1 heterocycles. The molecule has 2 aromatic rings. The van der Waals surface area contributed by atoms with Gasteiger partial charge in [0, 0.05) is 18.3 Å². The van der Waals surface area contributed by atoms with Gasteiger partial charge in [-0.3, -0.25) is 9.48 Å². The molecule has 1 aromatic heterocycles. The first-order chi connectivity index (χ1) is 10.9. The highest BCUT2D eigenvalue weighted by Gasteiger charge is 2.19. The van der Waals surface area contributed by atoms with Gasteiger partial charge in [-0.15, -0.1) is 0 Å². The van der Waals surface area contributed by atoms with Crippen LogP contribution in [0.5, 0.6) is 0 Å². The van der Waals surface area contributed by atoms with Crippen LogP contribution in [0.2, 0.25) is 0 Å². The lowest BCUT2D eigenvalue weighted by Gasteiger charge is -2.12. The summed E-state index contributed by atoms with van der Waals surface area (Å²) in [7, 11) is 0. The van der Waals surface area contributed by atoms with Crippen molar-refractivity contribution in [1.29, 1.82) is 0 Å². The SMILES string of the molecule is CCOC(=O)c1nn(CC(C)C)cc(-c2ccc(F)cc2)c1=O. The molecule has 0 bridgehead atoms. The van der Waals surface area contributed by atoms with Gasteiger partial charge in [0.15, 0.2) is 0 Å². The Kier molecular flexibility index (Phi) is 5.26. The normalized spacial score (nSPS) is 10.8. The summed E-state index contributed by atoms with van der Waals surface area (Å²) in [6.07, 6.45) is 1.58. The fourth-order valence-electron chi connectivity index (χ4n) is 2.17. The van der Waals surface area contributed by atoms with Crippen molar-refractivity contribution in [1.82, 2.24) is 9.78 Å². The molecule has 0 spiro atoms. The average Bonchev–Trinajstić information content (AvgIpc) is 2.49. The fraction of sp³-hybridized carbons (Fsp3) is 0.353. The van der Waals surface area contributed by atoms with Crippen molar-refractivity contribution in [3.8, 4) is 11.1 Å². The minimum Gasteiger partial charge on any atom is -0.461 e. The van der Waals surface area contributed by atoms with Crippen LogP contribution in [0.15, 0.2) is 35.3 Å². The highest BCUT2D eigenvalue weighted by molar-refractivity contribution is 5.88. The Hall–Kier alpha value is -2.50. The second-order valence-corrected chi connectivity index (χ2v) is 5.56. The maximum atomic E-state index is 13.1. The Morgan fingerprint density at radius 2 is 1.96 bits per heavy atom. The van der Waals surface area contributed by atoms with Gasteiger partial charge in [-0.2, -0.15) is 5.10 Å². The Labute approximate surface area is 133 Å². The van der Waals surface area contributed by atoms with Gasteiger partial charge in [0.1, 0.15) is 5.82 Å². The van der Waals surface area contributed by atoms with Gasteiger partial charge in [-0.05, 0) is 30.5 Å². The van der Waals surface area contributed by atoms with E-state index in [0.29, 0.717) is 17.7 Å². The average molecular weight is 318 g/mol. The Morgan fingerprint density at radius 3 is 2.52 bits per heavy atom. The molecule has 0 saturated heterocycles. The third-order valence-corrected chi connectivity index (χ3v) is 3.14. The lowest BCUT2D eigenvalue weighted by Crippen LogP contribution is -2.26. The summed E-state index contributed by atoms with van der Waals surface area (Å²) in [4.78, 5) is 24.5. The molecule has 0 atom stereocenters. The smallest absolute Gasteiger partial charge is 0.362 e. The molecule has 0 aliphatic rings. The lowest BCUT2D eigenvalue weighted by atomic mass is 10.1. The predicted molar refractivity (Wildman–Crippen MR) is 84.7 cm³/mol. The molecule has 0 aliphatic carbocycles. The van der Waals surface area contributed by atoms with E-state index in [1.54, 1.807) is 17.8 Å². The largest absolute Gasteiger partial charge is 0.461 e. The molecule has 0 unspecified atom stereocenters. The summed E-state index contributed by atoms with van der Waals surface area (Å²) in [6.45, 7) is 6.36. The number of rotatable bonds is 5. The summed E-state index contributed by atoms with van der Waals surface area (Å²) in [5.74, 6) is -0.865. The van der Waals surface area contributed by atoms with Crippen molar-refractivity contribution >= 4 is 5.97 Å². The van der Waals surface area contributed by atoms with E-state index in [0.717, 1.165) is 0 Å². The molecule has 6 heteroatoms. The van der Waals surface area contributed by atoms with Crippen LogP contribution in [0.1, 0.15) is 31.3 Å². The minimum absolute atomic E-state index is 0.158. The number of nitrogens with zero attached hydrogens (tertiary/aromatic N) is 2. The number of halogens is 1. The number of hydrogen-bond acceptors (Lipinski definition) is 4. The molecule has 5 nitrogen and oxygen atoms in total. The predicted octanol–water partition coefficient (Wildman–Crippen LogP) is 2.88. The molecular formula is C17H19FN2O3. The number of benzene rings is 1. The van der Waals surface area contributed by atoms with Crippen LogP contribution in [-0.2, 0) is 11.3 Å². The number of esters is 1. The monoisotopic (exact) mass is 318 g/mol. The molecule has 122 valence electrons. The van der Waals surface area contributed by atoms with Gasteiger partial charge in [0.25, 0.3) is 0 Å². The fourth-order valence-corrected chi connectivity index (χ4v) is 2.17. The Balaban J connectivity index is 2.59. The topological polar surface area (TPSA) is 61.2 Å². The zero-order valence-corrected chi connectivity index (χ0v) is 13.4. The molecule has 0 amide bonds. The van der Waals surface area contributed by atoms with E-state index in [1.165, 1.54) is 24.3 Å². The van der Waals surface area contributed by atoms with E-state index < -0.39 is 17.2 Å². The van der Waals surface area contributed by atoms with Crippen molar-refractivity contribution in [2.45, 2.75) is 27.3 Å². The first-order valence-corrected chi connectivity index (χ1v) is 7.47. The van der Waals surface area contributed by atoms with Gasteiger partial charge in [0.05, 0.1) is 6.61 Å². The van der Waals surface area contributed by atoms with Crippen LogP contribution in [-0.4, -0.2) is 22.4 Å². The van der Waals surface area contributed by atoms with Crippen molar-refractivity contribution in [3.63, 3.8) is 0 Å². The van der Waals surface area contributed by atoms with E-state index in [2.05, 4.69) is 5.10 Å². The first kappa shape index (κ1) is 16.9. The molecule has 0 saturated carbocycles. The third kappa shape index (κ3) is 4.03. The van der Waals surface area contributed by atoms with E-state index in [9.17, 15) is 14.0 Å². The van der Waals surface area contributed by atoms with E-state index in [-0.39, 0.29) is 18.2 Å². The number of ether oxygens (including phenoxy) is 1. The van der Waals surface area contributed by atoms with Crippen LogP contribution in [0.4, 0.5) is 4.39 Å². The highest BCUT2D eigenvalue weighted by atomic mass is 19.1. The van der Waals surface area contributed by atoms with E-state index in [1.807, 2.05) is 13.8 Å². The first-order valence-electron chi connectivity index (χ1n) is 7.47. The van der Waals surface area contributed by atoms with Gasteiger partial charge < -0.3 is 4.74 Å². The highest BCUT2D eigenvalue weighted by Crippen LogP contribution is 2.16. The van der Waals surface area contributed by atoms with E-state index in [4.69, 9.17) is 4.74 Å². The van der Waals surface area contributed by atoms with Crippen molar-refractivity contribution < 1.29 is 13.9 Å². The van der Waals surface area contributed by atoms with Crippen LogP contribution >= 0.6 is 0 Å². The molecule has 0 radical (unpaired) electrons. The second kappa shape index (κ2) is 7.17. The van der Waals surface area contributed by atoms with E-state index >= 15 is 0 Å². The third-order valence-electron chi connectivity index (χ3n) is 3.14. The molecule has 1 aromatic carbocycles. The zero-order chi connectivity index (χ0) is 17.0. The number of carbonyl (C=O) groups excluding carboxylic acids is 1. The van der Waals surface area contributed by atoms with Crippen molar-refractivity contribution in [3.05, 3.63) is 52.2 Å². The maximum absolute atomic E-state index is 13.1. The number of hydrogen-bond donors (Lipinski definition) is 0. The minimum atomic E-state index is -0.751. The van der Waals surface area contributed by atoms with Crippen LogP contribution < -0.4 is 5.43 Å². The summed E-state index contributed by atoms with van der Waals surface area (Å²) >= 11 is 0. The molecule has 2 rings (SSSR count). The molecular weight excluding hydrogens is 299 g/mol. The summed E-state index contributed by atoms with van der Waals surface area (Å²) in [5.41, 5.74) is 0.0509. The molecule has 0 N–H and O–H groups in total. The maximum Gasteiger partial charge on any atom is 0.362 e. The second-order valence-electron chi connectivity index (χ2n) is 5.56. The zero-order valence-electron chi connectivity index (χ0n) is 13.4. The van der Waals surface area contributed by atoms with Crippen molar-refractivity contribution in [2.75, 3.05) is 6.61 Å². The van der Waals surface area contributed by atoms with Crippen LogP contribution in [0.3, 0.4) is 0 Å². The van der Waals surface area contributed by atoms with Gasteiger partial charge >= 0.3 is 5.97 Å². The molecule has 23 heavy (non-hydrogen) atoms. The van der Waals surface area contributed by atoms with Crippen LogP contribution in [0.25, 0.3) is 11.1 Å². The van der Waals surface area contributed by atoms with Crippen LogP contribution in [0, 0.1) is 11.7 Å². The van der Waals surface area contributed by atoms with Gasteiger partial charge in [0.2, 0.25) is 11.1 Å². The Morgan fingerprint density at radius 1 is 1.30 bits per heavy atom. The summed E-state index contributed by atoms with van der Waals surface area (Å²) in [6, 6.07) is 5.54. The lowest BCUT2D eigenvalue weighted by molar-refractivity contribution is 0.0514. The van der Waals surface area contributed by atoms with Gasteiger partial charge in [-0.25, -0.2) is 9.18 Å².